The Labute approximate surface area is 170 Å². The molecule has 148 valence electrons. The van der Waals surface area contributed by atoms with Gasteiger partial charge in [0.05, 0.1) is 17.4 Å². The quantitative estimate of drug-likeness (QED) is 0.757. The van der Waals surface area contributed by atoms with E-state index in [0.717, 1.165) is 22.5 Å². The number of likely N-dealkylation sites (N-methyl/N-ethyl adjacent to an activating group) is 1. The lowest BCUT2D eigenvalue weighted by Gasteiger charge is -2.26. The van der Waals surface area contributed by atoms with Crippen molar-refractivity contribution in [2.75, 3.05) is 23.5 Å². The third kappa shape index (κ3) is 3.06. The van der Waals surface area contributed by atoms with Crippen LogP contribution in [0.3, 0.4) is 0 Å². The lowest BCUT2D eigenvalue weighted by molar-refractivity contribution is -0.118. The van der Waals surface area contributed by atoms with Crippen molar-refractivity contribution in [1.82, 2.24) is 5.01 Å². The van der Waals surface area contributed by atoms with E-state index in [1.807, 2.05) is 74.4 Å². The van der Waals surface area contributed by atoms with Gasteiger partial charge in [0.25, 0.3) is 11.8 Å². The average molecular weight is 388 g/mol. The number of anilines is 2. The molecular weight excluding hydrogens is 364 g/mol. The Hall–Kier alpha value is -3.25. The molecule has 0 N–H and O–H groups in total. The number of benzene rings is 2. The van der Waals surface area contributed by atoms with Gasteiger partial charge in [0.1, 0.15) is 11.8 Å². The highest BCUT2D eigenvalue weighted by molar-refractivity contribution is 6.54. The van der Waals surface area contributed by atoms with Crippen LogP contribution in [0.15, 0.2) is 66.2 Å². The lowest BCUT2D eigenvalue weighted by atomic mass is 10.1. The minimum Gasteiger partial charge on any atom is -0.303 e. The third-order valence-electron chi connectivity index (χ3n) is 5.55. The fraction of sp³-hybridized carbons (Fsp3) is 0.261. The van der Waals surface area contributed by atoms with Gasteiger partial charge in [-0.05, 0) is 38.1 Å². The van der Waals surface area contributed by atoms with Crippen molar-refractivity contribution in [3.63, 3.8) is 0 Å². The van der Waals surface area contributed by atoms with Gasteiger partial charge in [0, 0.05) is 19.2 Å². The summed E-state index contributed by atoms with van der Waals surface area (Å²) in [6, 6.07) is 14.5. The molecule has 0 aliphatic carbocycles. The van der Waals surface area contributed by atoms with E-state index in [-0.39, 0.29) is 17.9 Å². The summed E-state index contributed by atoms with van der Waals surface area (Å²) in [7, 11) is 1.87. The molecule has 6 heteroatoms. The maximum absolute atomic E-state index is 13.2. The number of hydrazine groups is 1. The number of amides is 2. The molecule has 0 spiro atoms. The molecule has 6 nitrogen and oxygen atoms in total. The summed E-state index contributed by atoms with van der Waals surface area (Å²) < 4.78 is 0. The first-order chi connectivity index (χ1) is 13.9. The van der Waals surface area contributed by atoms with Gasteiger partial charge in [-0.25, -0.2) is 10.0 Å². The molecule has 4 rings (SSSR count). The Morgan fingerprint density at radius 1 is 1.14 bits per heavy atom. The van der Waals surface area contributed by atoms with Crippen molar-refractivity contribution in [3.8, 4) is 0 Å². The van der Waals surface area contributed by atoms with E-state index in [4.69, 9.17) is 4.99 Å². The number of carbonyl (C=O) groups excluding carboxylic acids is 2. The summed E-state index contributed by atoms with van der Waals surface area (Å²) in [5, 5.41) is 3.52. The molecule has 2 aliphatic rings. The van der Waals surface area contributed by atoms with Gasteiger partial charge in [-0.1, -0.05) is 35.9 Å². The first kappa shape index (κ1) is 19.1. The number of aliphatic imine (C=N–C) groups is 1. The largest absolute Gasteiger partial charge is 0.303 e. The fourth-order valence-corrected chi connectivity index (χ4v) is 3.92. The van der Waals surface area contributed by atoms with E-state index in [1.165, 1.54) is 0 Å². The van der Waals surface area contributed by atoms with Crippen LogP contribution in [0.2, 0.25) is 0 Å². The second kappa shape index (κ2) is 7.29. The van der Waals surface area contributed by atoms with Gasteiger partial charge in [0.2, 0.25) is 0 Å². The first-order valence-electron chi connectivity index (χ1n) is 9.67. The standard InChI is InChI=1S/C23H24N4O2/c1-5-13-26-19-12-11-15(2)14-18(19)21(22(26)28)24-20-16(3)25(4)27(23(20)29)17-9-7-6-8-10-17/h5-12,14,16,20H,1,13H2,2-4H3. The van der Waals surface area contributed by atoms with Crippen molar-refractivity contribution in [2.24, 2.45) is 4.99 Å². The Kier molecular flexibility index (Phi) is 4.80. The maximum atomic E-state index is 13.2. The molecule has 2 aliphatic heterocycles. The van der Waals surface area contributed by atoms with Crippen LogP contribution >= 0.6 is 0 Å². The maximum Gasteiger partial charge on any atom is 0.277 e. The molecule has 0 saturated carbocycles. The summed E-state index contributed by atoms with van der Waals surface area (Å²) in [5.41, 5.74) is 3.76. The first-order valence-corrected chi connectivity index (χ1v) is 9.67. The molecular formula is C23H24N4O2. The lowest BCUT2D eigenvalue weighted by Crippen LogP contribution is -2.38. The molecule has 2 unspecified atom stereocenters. The van der Waals surface area contributed by atoms with E-state index in [0.29, 0.717) is 12.3 Å². The minimum atomic E-state index is -0.656. The molecule has 0 bridgehead atoms. The van der Waals surface area contributed by atoms with E-state index in [2.05, 4.69) is 6.58 Å². The third-order valence-corrected chi connectivity index (χ3v) is 5.55. The predicted molar refractivity (Wildman–Crippen MR) is 115 cm³/mol. The highest BCUT2D eigenvalue weighted by Crippen LogP contribution is 2.33. The van der Waals surface area contributed by atoms with Crippen LogP contribution in [0.4, 0.5) is 11.4 Å². The van der Waals surface area contributed by atoms with Crippen LogP contribution in [0.5, 0.6) is 0 Å². The zero-order valence-electron chi connectivity index (χ0n) is 16.9. The zero-order valence-corrected chi connectivity index (χ0v) is 16.9. The molecule has 0 aromatic heterocycles. The van der Waals surface area contributed by atoms with E-state index < -0.39 is 6.04 Å². The van der Waals surface area contributed by atoms with Gasteiger partial charge in [-0.3, -0.25) is 14.6 Å². The number of para-hydroxylation sites is 1. The topological polar surface area (TPSA) is 56.2 Å². The van der Waals surface area contributed by atoms with E-state index in [9.17, 15) is 9.59 Å². The number of aryl methyl sites for hydroxylation is 1. The Balaban J connectivity index is 1.76. The molecule has 0 radical (unpaired) electrons. The SMILES string of the molecule is C=CCN1C(=O)C(=NC2C(=O)N(c3ccccc3)N(C)C2C)c2cc(C)ccc21. The van der Waals surface area contributed by atoms with Crippen molar-refractivity contribution in [3.05, 3.63) is 72.3 Å². The molecule has 2 aromatic carbocycles. The Morgan fingerprint density at radius 2 is 1.86 bits per heavy atom. The summed E-state index contributed by atoms with van der Waals surface area (Å²) in [4.78, 5) is 32.7. The summed E-state index contributed by atoms with van der Waals surface area (Å²) in [5.74, 6) is -0.325. The number of hydrogen-bond donors (Lipinski definition) is 0. The molecule has 2 amide bonds. The predicted octanol–water partition coefficient (Wildman–Crippen LogP) is 2.97. The van der Waals surface area contributed by atoms with Crippen molar-refractivity contribution in [1.29, 1.82) is 0 Å². The van der Waals surface area contributed by atoms with Crippen LogP contribution in [-0.2, 0) is 9.59 Å². The number of nitrogens with zero attached hydrogens (tertiary/aromatic N) is 4. The smallest absolute Gasteiger partial charge is 0.277 e. The highest BCUT2D eigenvalue weighted by Gasteiger charge is 2.45. The molecule has 2 atom stereocenters. The summed E-state index contributed by atoms with van der Waals surface area (Å²) in [6.07, 6.45) is 1.69. The van der Waals surface area contributed by atoms with E-state index >= 15 is 0 Å². The monoisotopic (exact) mass is 388 g/mol. The van der Waals surface area contributed by atoms with Crippen molar-refractivity contribution >= 4 is 28.9 Å². The molecule has 1 saturated heterocycles. The number of rotatable bonds is 4. The van der Waals surface area contributed by atoms with Gasteiger partial charge < -0.3 is 4.90 Å². The van der Waals surface area contributed by atoms with Crippen LogP contribution < -0.4 is 9.91 Å². The van der Waals surface area contributed by atoms with Crippen LogP contribution in [0.25, 0.3) is 0 Å². The normalized spacial score (nSPS) is 23.2. The number of hydrogen-bond acceptors (Lipinski definition) is 4. The van der Waals surface area contributed by atoms with Crippen LogP contribution in [0.1, 0.15) is 18.1 Å². The Morgan fingerprint density at radius 3 is 2.55 bits per heavy atom. The van der Waals surface area contributed by atoms with Gasteiger partial charge >= 0.3 is 0 Å². The number of fused-ring (bicyclic) bond motifs is 1. The van der Waals surface area contributed by atoms with Gasteiger partial charge in [0.15, 0.2) is 0 Å². The van der Waals surface area contributed by atoms with Gasteiger partial charge in [-0.2, -0.15) is 0 Å². The number of carbonyl (C=O) groups is 2. The fourth-order valence-electron chi connectivity index (χ4n) is 3.92. The molecule has 2 aromatic rings. The molecule has 29 heavy (non-hydrogen) atoms. The minimum absolute atomic E-state index is 0.136. The average Bonchev–Trinajstić information content (AvgIpc) is 3.09. The van der Waals surface area contributed by atoms with Crippen molar-refractivity contribution < 1.29 is 9.59 Å². The van der Waals surface area contributed by atoms with Gasteiger partial charge in [-0.15, -0.1) is 6.58 Å². The molecule has 2 heterocycles. The second-order valence-corrected chi connectivity index (χ2v) is 7.45. The van der Waals surface area contributed by atoms with E-state index in [1.54, 1.807) is 16.0 Å². The highest BCUT2D eigenvalue weighted by atomic mass is 16.2. The van der Waals surface area contributed by atoms with Crippen LogP contribution in [0, 0.1) is 6.92 Å². The Bertz CT molecular complexity index is 1010. The second-order valence-electron chi connectivity index (χ2n) is 7.45. The molecule has 1 fully saturated rings. The summed E-state index contributed by atoms with van der Waals surface area (Å²) >= 11 is 0. The zero-order chi connectivity index (χ0) is 20.7. The van der Waals surface area contributed by atoms with Crippen molar-refractivity contribution in [2.45, 2.75) is 25.9 Å². The summed E-state index contributed by atoms with van der Waals surface area (Å²) in [6.45, 7) is 8.09. The van der Waals surface area contributed by atoms with Crippen LogP contribution in [-0.4, -0.2) is 48.2 Å².